The summed E-state index contributed by atoms with van der Waals surface area (Å²) in [6, 6.07) is 6.75. The number of carbonyl (C=O) groups excluding carboxylic acids is 1. The number of carboxylic acid groups (broad SMARTS) is 1. The van der Waals surface area contributed by atoms with Crippen molar-refractivity contribution in [2.75, 3.05) is 5.32 Å². The fraction of sp³-hybridized carbons (Fsp3) is 0.294. The summed E-state index contributed by atoms with van der Waals surface area (Å²) < 4.78 is 11.5. The second-order valence-electron chi connectivity index (χ2n) is 5.70. The molecule has 3 rings (SSSR count). The SMILES string of the molecule is CCC1(C)Oc2ccc(NC(=O)Cc3csc(C(=O)O)c3)cc2O1. The molecule has 1 atom stereocenters. The molecule has 0 bridgehead atoms. The van der Waals surface area contributed by atoms with Gasteiger partial charge in [-0.3, -0.25) is 4.79 Å². The second kappa shape index (κ2) is 6.16. The Hall–Kier alpha value is -2.54. The standard InChI is InChI=1S/C17H17NO5S/c1-3-17(2)22-12-5-4-11(8-13(12)23-17)18-15(19)7-10-6-14(16(20)21)24-9-10/h4-6,8-9H,3,7H2,1-2H3,(H,18,19)(H,20,21). The molecule has 6 nitrogen and oxygen atoms in total. The van der Waals surface area contributed by atoms with E-state index in [2.05, 4.69) is 5.32 Å². The van der Waals surface area contributed by atoms with E-state index >= 15 is 0 Å². The van der Waals surface area contributed by atoms with Gasteiger partial charge in [0, 0.05) is 25.1 Å². The largest absolute Gasteiger partial charge is 0.477 e. The first-order valence-corrected chi connectivity index (χ1v) is 8.39. The first-order valence-electron chi connectivity index (χ1n) is 7.51. The molecule has 2 aromatic rings. The summed E-state index contributed by atoms with van der Waals surface area (Å²) in [7, 11) is 0. The number of benzene rings is 1. The lowest BCUT2D eigenvalue weighted by molar-refractivity contribution is -0.115. The molecule has 1 aromatic carbocycles. The summed E-state index contributed by atoms with van der Waals surface area (Å²) in [5.41, 5.74) is 1.28. The van der Waals surface area contributed by atoms with Crippen LogP contribution in [-0.4, -0.2) is 22.8 Å². The Morgan fingerprint density at radius 2 is 2.00 bits per heavy atom. The number of nitrogens with one attached hydrogen (secondary N) is 1. The maximum Gasteiger partial charge on any atom is 0.345 e. The van der Waals surface area contributed by atoms with E-state index in [1.54, 1.807) is 23.6 Å². The van der Waals surface area contributed by atoms with Crippen LogP contribution in [-0.2, 0) is 11.2 Å². The van der Waals surface area contributed by atoms with E-state index in [4.69, 9.17) is 14.6 Å². The molecule has 1 unspecified atom stereocenters. The molecule has 1 aliphatic rings. The van der Waals surface area contributed by atoms with E-state index in [0.29, 0.717) is 29.2 Å². The molecule has 0 aliphatic carbocycles. The Bertz CT molecular complexity index is 800. The van der Waals surface area contributed by atoms with Gasteiger partial charge in [0.1, 0.15) is 4.88 Å². The lowest BCUT2D eigenvalue weighted by Gasteiger charge is -2.20. The van der Waals surface area contributed by atoms with Gasteiger partial charge < -0.3 is 19.9 Å². The molecular weight excluding hydrogens is 330 g/mol. The number of thiophene rings is 1. The summed E-state index contributed by atoms with van der Waals surface area (Å²) in [6.07, 6.45) is 0.818. The third-order valence-electron chi connectivity index (χ3n) is 3.75. The van der Waals surface area contributed by atoms with Gasteiger partial charge >= 0.3 is 5.97 Å². The van der Waals surface area contributed by atoms with Crippen LogP contribution in [0.15, 0.2) is 29.6 Å². The zero-order valence-corrected chi connectivity index (χ0v) is 14.1. The molecule has 1 aromatic heterocycles. The lowest BCUT2D eigenvalue weighted by Crippen LogP contribution is -2.33. The number of hydrogen-bond donors (Lipinski definition) is 2. The summed E-state index contributed by atoms with van der Waals surface area (Å²) >= 11 is 1.11. The van der Waals surface area contributed by atoms with Gasteiger partial charge in [-0.2, -0.15) is 0 Å². The number of rotatable bonds is 5. The lowest BCUT2D eigenvalue weighted by atomic mass is 10.2. The van der Waals surface area contributed by atoms with Crippen LogP contribution in [0.3, 0.4) is 0 Å². The minimum Gasteiger partial charge on any atom is -0.477 e. The Balaban J connectivity index is 1.65. The van der Waals surface area contributed by atoms with E-state index in [1.165, 1.54) is 6.07 Å². The Morgan fingerprint density at radius 3 is 2.67 bits per heavy atom. The normalized spacial score (nSPS) is 18.4. The number of anilines is 1. The fourth-order valence-electron chi connectivity index (χ4n) is 2.35. The van der Waals surface area contributed by atoms with Crippen LogP contribution in [0.25, 0.3) is 0 Å². The van der Waals surface area contributed by atoms with E-state index in [0.717, 1.165) is 11.3 Å². The van der Waals surface area contributed by atoms with Crippen LogP contribution in [0.1, 0.15) is 35.5 Å². The maximum atomic E-state index is 12.1. The molecule has 1 aliphatic heterocycles. The van der Waals surface area contributed by atoms with E-state index in [1.807, 2.05) is 13.8 Å². The zero-order valence-electron chi connectivity index (χ0n) is 13.3. The number of amides is 1. The highest BCUT2D eigenvalue weighted by molar-refractivity contribution is 7.12. The van der Waals surface area contributed by atoms with Crippen LogP contribution in [0, 0.1) is 0 Å². The molecule has 0 saturated carbocycles. The van der Waals surface area contributed by atoms with Crippen LogP contribution >= 0.6 is 11.3 Å². The average molecular weight is 347 g/mol. The highest BCUT2D eigenvalue weighted by Crippen LogP contribution is 2.42. The average Bonchev–Trinajstić information content (AvgIpc) is 3.11. The third kappa shape index (κ3) is 3.35. The zero-order chi connectivity index (χ0) is 17.3. The minimum atomic E-state index is -0.985. The molecular formula is C17H17NO5S. The number of fused-ring (bicyclic) bond motifs is 1. The second-order valence-corrected chi connectivity index (χ2v) is 6.61. The van der Waals surface area contributed by atoms with Crippen molar-refractivity contribution >= 4 is 28.9 Å². The van der Waals surface area contributed by atoms with Crippen molar-refractivity contribution in [2.45, 2.75) is 32.5 Å². The molecule has 7 heteroatoms. The van der Waals surface area contributed by atoms with Gasteiger partial charge in [0.05, 0.1) is 6.42 Å². The number of carboxylic acids is 1. The molecule has 2 N–H and O–H groups in total. The molecule has 126 valence electrons. The molecule has 24 heavy (non-hydrogen) atoms. The monoisotopic (exact) mass is 347 g/mol. The van der Waals surface area contributed by atoms with Crippen LogP contribution in [0.2, 0.25) is 0 Å². The maximum absolute atomic E-state index is 12.1. The highest BCUT2D eigenvalue weighted by Gasteiger charge is 2.34. The van der Waals surface area contributed by atoms with E-state index in [9.17, 15) is 9.59 Å². The molecule has 0 spiro atoms. The van der Waals surface area contributed by atoms with Gasteiger partial charge in [-0.15, -0.1) is 11.3 Å². The van der Waals surface area contributed by atoms with Crippen molar-refractivity contribution in [1.82, 2.24) is 0 Å². The van der Waals surface area contributed by atoms with Crippen molar-refractivity contribution in [2.24, 2.45) is 0 Å². The number of carbonyl (C=O) groups is 2. The predicted octanol–water partition coefficient (Wildman–Crippen LogP) is 3.52. The van der Waals surface area contributed by atoms with Crippen molar-refractivity contribution in [3.63, 3.8) is 0 Å². The Morgan fingerprint density at radius 1 is 1.25 bits per heavy atom. The van der Waals surface area contributed by atoms with E-state index < -0.39 is 11.8 Å². The van der Waals surface area contributed by atoms with Gasteiger partial charge in [0.25, 0.3) is 0 Å². The first kappa shape index (κ1) is 16.3. The molecule has 1 amide bonds. The Labute approximate surface area is 143 Å². The van der Waals surface area contributed by atoms with Crippen molar-refractivity contribution in [3.8, 4) is 11.5 Å². The number of hydrogen-bond acceptors (Lipinski definition) is 5. The molecule has 2 heterocycles. The Kier molecular flexibility index (Phi) is 4.19. The van der Waals surface area contributed by atoms with Crippen LogP contribution in [0.5, 0.6) is 11.5 Å². The summed E-state index contributed by atoms with van der Waals surface area (Å²) in [4.78, 5) is 23.2. The smallest absolute Gasteiger partial charge is 0.345 e. The molecule has 0 fully saturated rings. The van der Waals surface area contributed by atoms with Crippen molar-refractivity contribution in [1.29, 1.82) is 0 Å². The molecule has 0 saturated heterocycles. The minimum absolute atomic E-state index is 0.116. The van der Waals surface area contributed by atoms with Gasteiger partial charge in [-0.1, -0.05) is 6.92 Å². The summed E-state index contributed by atoms with van der Waals surface area (Å²) in [5, 5.41) is 13.4. The van der Waals surface area contributed by atoms with Gasteiger partial charge in [0.2, 0.25) is 11.7 Å². The van der Waals surface area contributed by atoms with Gasteiger partial charge in [-0.05, 0) is 29.1 Å². The number of aromatic carboxylic acids is 1. The quantitative estimate of drug-likeness (QED) is 0.864. The van der Waals surface area contributed by atoms with Crippen LogP contribution in [0.4, 0.5) is 5.69 Å². The first-order chi connectivity index (χ1) is 11.4. The van der Waals surface area contributed by atoms with Gasteiger partial charge in [0.15, 0.2) is 11.5 Å². The predicted molar refractivity (Wildman–Crippen MR) is 90.0 cm³/mol. The topological polar surface area (TPSA) is 84.9 Å². The van der Waals surface area contributed by atoms with Gasteiger partial charge in [-0.25, -0.2) is 4.79 Å². The number of ether oxygens (including phenoxy) is 2. The summed E-state index contributed by atoms with van der Waals surface area (Å²) in [6.45, 7) is 3.84. The van der Waals surface area contributed by atoms with Crippen LogP contribution < -0.4 is 14.8 Å². The summed E-state index contributed by atoms with van der Waals surface area (Å²) in [5.74, 6) is -0.625. The highest BCUT2D eigenvalue weighted by atomic mass is 32.1. The van der Waals surface area contributed by atoms with E-state index in [-0.39, 0.29) is 17.2 Å². The fourth-order valence-corrected chi connectivity index (χ4v) is 3.10. The molecule has 0 radical (unpaired) electrons. The van der Waals surface area contributed by atoms with Crippen molar-refractivity contribution in [3.05, 3.63) is 40.1 Å². The van der Waals surface area contributed by atoms with Crippen molar-refractivity contribution < 1.29 is 24.2 Å². The third-order valence-corrected chi connectivity index (χ3v) is 4.72.